The molecule has 0 saturated carbocycles. The number of nitrogens with two attached hydrogens (primary N) is 1. The van der Waals surface area contributed by atoms with E-state index in [-0.39, 0.29) is 17.5 Å². The van der Waals surface area contributed by atoms with Crippen LogP contribution in [0, 0.1) is 0 Å². The summed E-state index contributed by atoms with van der Waals surface area (Å²) in [6.45, 7) is 4.70. The van der Waals surface area contributed by atoms with Crippen molar-refractivity contribution >= 4 is 5.91 Å². The lowest BCUT2D eigenvalue weighted by Crippen LogP contribution is -2.43. The third-order valence-electron chi connectivity index (χ3n) is 3.49. The van der Waals surface area contributed by atoms with Gasteiger partial charge in [0.15, 0.2) is 0 Å². The SMILES string of the molecule is COc1ccccc1C(=O)N1CC(N)CC1(C)C. The van der Waals surface area contributed by atoms with Gasteiger partial charge in [0.2, 0.25) is 0 Å². The van der Waals surface area contributed by atoms with Gasteiger partial charge in [-0.1, -0.05) is 12.1 Å². The highest BCUT2D eigenvalue weighted by Gasteiger charge is 2.40. The largest absolute Gasteiger partial charge is 0.496 e. The number of carbonyl (C=O) groups excluding carboxylic acids is 1. The second-order valence-electron chi connectivity index (χ2n) is 5.39. The Hall–Kier alpha value is -1.55. The Morgan fingerprint density at radius 2 is 2.11 bits per heavy atom. The first-order valence-electron chi connectivity index (χ1n) is 6.16. The Bertz CT molecular complexity index is 457. The molecule has 1 heterocycles. The monoisotopic (exact) mass is 248 g/mol. The second-order valence-corrected chi connectivity index (χ2v) is 5.39. The fourth-order valence-corrected chi connectivity index (χ4v) is 2.62. The summed E-state index contributed by atoms with van der Waals surface area (Å²) in [5.41, 5.74) is 6.36. The van der Waals surface area contributed by atoms with Gasteiger partial charge in [0.05, 0.1) is 12.7 Å². The fourth-order valence-electron chi connectivity index (χ4n) is 2.62. The van der Waals surface area contributed by atoms with Gasteiger partial charge in [-0.15, -0.1) is 0 Å². The highest BCUT2D eigenvalue weighted by atomic mass is 16.5. The third kappa shape index (κ3) is 2.20. The summed E-state index contributed by atoms with van der Waals surface area (Å²) >= 11 is 0. The van der Waals surface area contributed by atoms with Gasteiger partial charge in [0.25, 0.3) is 5.91 Å². The maximum absolute atomic E-state index is 12.6. The predicted octanol–water partition coefficient (Wildman–Crippen LogP) is 1.65. The predicted molar refractivity (Wildman–Crippen MR) is 70.7 cm³/mol. The Kier molecular flexibility index (Phi) is 3.30. The van der Waals surface area contributed by atoms with Crippen molar-refractivity contribution in [1.29, 1.82) is 0 Å². The molecule has 0 radical (unpaired) electrons. The smallest absolute Gasteiger partial charge is 0.258 e. The Morgan fingerprint density at radius 3 is 2.67 bits per heavy atom. The lowest BCUT2D eigenvalue weighted by molar-refractivity contribution is 0.0648. The van der Waals surface area contributed by atoms with Crippen LogP contribution in [0.5, 0.6) is 5.75 Å². The number of para-hydroxylation sites is 1. The first-order chi connectivity index (χ1) is 8.45. The normalized spacial score (nSPS) is 22.0. The maximum Gasteiger partial charge on any atom is 0.258 e. The van der Waals surface area contributed by atoms with Gasteiger partial charge >= 0.3 is 0 Å². The van der Waals surface area contributed by atoms with E-state index < -0.39 is 0 Å². The van der Waals surface area contributed by atoms with Crippen LogP contribution in [-0.4, -0.2) is 36.0 Å². The summed E-state index contributed by atoms with van der Waals surface area (Å²) in [5, 5.41) is 0. The van der Waals surface area contributed by atoms with Crippen LogP contribution < -0.4 is 10.5 Å². The molecule has 1 fully saturated rings. The molecule has 1 aliphatic heterocycles. The Balaban J connectivity index is 2.32. The van der Waals surface area contributed by atoms with E-state index in [1.807, 2.05) is 30.9 Å². The number of benzene rings is 1. The van der Waals surface area contributed by atoms with Gasteiger partial charge in [-0.2, -0.15) is 0 Å². The first kappa shape index (κ1) is 12.9. The third-order valence-corrected chi connectivity index (χ3v) is 3.49. The maximum atomic E-state index is 12.6. The van der Waals surface area contributed by atoms with Crippen LogP contribution in [0.25, 0.3) is 0 Å². The molecule has 18 heavy (non-hydrogen) atoms. The van der Waals surface area contributed by atoms with Crippen molar-refractivity contribution in [2.45, 2.75) is 31.8 Å². The molecule has 1 aromatic rings. The Morgan fingerprint density at radius 1 is 1.44 bits per heavy atom. The van der Waals surface area contributed by atoms with E-state index in [1.165, 1.54) is 0 Å². The molecule has 2 rings (SSSR count). The molecule has 1 atom stereocenters. The molecule has 1 aliphatic rings. The average molecular weight is 248 g/mol. The number of carbonyl (C=O) groups is 1. The molecular formula is C14H20N2O2. The summed E-state index contributed by atoms with van der Waals surface area (Å²) in [6.07, 6.45) is 0.827. The minimum Gasteiger partial charge on any atom is -0.496 e. The number of rotatable bonds is 2. The minimum absolute atomic E-state index is 0.00889. The van der Waals surface area contributed by atoms with Gasteiger partial charge < -0.3 is 15.4 Å². The second kappa shape index (κ2) is 4.61. The number of likely N-dealkylation sites (tertiary alicyclic amines) is 1. The topological polar surface area (TPSA) is 55.6 Å². The molecule has 0 aliphatic carbocycles. The number of hydrogen-bond donors (Lipinski definition) is 1. The van der Waals surface area contributed by atoms with Crippen LogP contribution in [0.2, 0.25) is 0 Å². The molecule has 0 aromatic heterocycles. The molecule has 2 N–H and O–H groups in total. The molecule has 1 amide bonds. The van der Waals surface area contributed by atoms with Crippen molar-refractivity contribution < 1.29 is 9.53 Å². The molecular weight excluding hydrogens is 228 g/mol. The van der Waals surface area contributed by atoms with Gasteiger partial charge in [-0.25, -0.2) is 0 Å². The highest BCUT2D eigenvalue weighted by Crippen LogP contribution is 2.31. The van der Waals surface area contributed by atoms with Crippen LogP contribution >= 0.6 is 0 Å². The van der Waals surface area contributed by atoms with Gasteiger partial charge in [-0.05, 0) is 32.4 Å². The molecule has 98 valence electrons. The van der Waals surface area contributed by atoms with Gasteiger partial charge in [0.1, 0.15) is 5.75 Å². The summed E-state index contributed by atoms with van der Waals surface area (Å²) in [5.74, 6) is 0.601. The molecule has 1 aromatic carbocycles. The van der Waals surface area contributed by atoms with E-state index >= 15 is 0 Å². The number of hydrogen-bond acceptors (Lipinski definition) is 3. The lowest BCUT2D eigenvalue weighted by atomic mass is 10.00. The molecule has 4 heteroatoms. The number of amides is 1. The average Bonchev–Trinajstić information content (AvgIpc) is 2.61. The van der Waals surface area contributed by atoms with Gasteiger partial charge in [0, 0.05) is 18.1 Å². The van der Waals surface area contributed by atoms with Crippen molar-refractivity contribution in [3.05, 3.63) is 29.8 Å². The van der Waals surface area contributed by atoms with E-state index in [0.29, 0.717) is 17.9 Å². The van der Waals surface area contributed by atoms with E-state index in [0.717, 1.165) is 6.42 Å². The van der Waals surface area contributed by atoms with Crippen molar-refractivity contribution in [2.75, 3.05) is 13.7 Å². The van der Waals surface area contributed by atoms with E-state index in [9.17, 15) is 4.79 Å². The summed E-state index contributed by atoms with van der Waals surface area (Å²) in [4.78, 5) is 14.4. The fraction of sp³-hybridized carbons (Fsp3) is 0.500. The van der Waals surface area contributed by atoms with Crippen LogP contribution in [-0.2, 0) is 0 Å². The molecule has 4 nitrogen and oxygen atoms in total. The van der Waals surface area contributed by atoms with E-state index in [4.69, 9.17) is 10.5 Å². The van der Waals surface area contributed by atoms with Crippen LogP contribution in [0.4, 0.5) is 0 Å². The summed E-state index contributed by atoms with van der Waals surface area (Å²) in [7, 11) is 1.58. The summed E-state index contributed by atoms with van der Waals surface area (Å²) < 4.78 is 5.24. The standard InChI is InChI=1S/C14H20N2O2/c1-14(2)8-10(15)9-16(14)13(17)11-6-4-5-7-12(11)18-3/h4-7,10H,8-9,15H2,1-3H3. The molecule has 1 saturated heterocycles. The van der Waals surface area contributed by atoms with E-state index in [1.54, 1.807) is 19.2 Å². The first-order valence-corrected chi connectivity index (χ1v) is 6.16. The quantitative estimate of drug-likeness (QED) is 0.865. The molecule has 1 unspecified atom stereocenters. The zero-order valence-electron chi connectivity index (χ0n) is 11.1. The Labute approximate surface area is 108 Å². The minimum atomic E-state index is -0.197. The van der Waals surface area contributed by atoms with Crippen molar-refractivity contribution in [2.24, 2.45) is 5.73 Å². The van der Waals surface area contributed by atoms with E-state index in [2.05, 4.69) is 0 Å². The van der Waals surface area contributed by atoms with Crippen LogP contribution in [0.1, 0.15) is 30.6 Å². The van der Waals surface area contributed by atoms with Crippen LogP contribution in [0.3, 0.4) is 0 Å². The van der Waals surface area contributed by atoms with Crippen molar-refractivity contribution in [1.82, 2.24) is 4.90 Å². The van der Waals surface area contributed by atoms with Gasteiger partial charge in [-0.3, -0.25) is 4.79 Å². The summed E-state index contributed by atoms with van der Waals surface area (Å²) in [6, 6.07) is 7.35. The number of methoxy groups -OCH3 is 1. The van der Waals surface area contributed by atoms with Crippen LogP contribution in [0.15, 0.2) is 24.3 Å². The zero-order valence-corrected chi connectivity index (χ0v) is 11.1. The lowest BCUT2D eigenvalue weighted by Gasteiger charge is -2.31. The molecule has 0 bridgehead atoms. The zero-order chi connectivity index (χ0) is 13.3. The number of ether oxygens (including phenoxy) is 1. The highest BCUT2D eigenvalue weighted by molar-refractivity contribution is 5.97. The molecule has 0 spiro atoms. The number of nitrogens with zero attached hydrogens (tertiary/aromatic N) is 1. The van der Waals surface area contributed by atoms with Crippen molar-refractivity contribution in [3.8, 4) is 5.75 Å². The van der Waals surface area contributed by atoms with Crippen molar-refractivity contribution in [3.63, 3.8) is 0 Å².